The number of rotatable bonds is 6. The van der Waals surface area contributed by atoms with Gasteiger partial charge in [0.25, 0.3) is 0 Å². The molecule has 1 fully saturated rings. The lowest BCUT2D eigenvalue weighted by Crippen LogP contribution is -2.42. The van der Waals surface area contributed by atoms with Crippen LogP contribution in [0, 0.1) is 5.92 Å². The normalized spacial score (nSPS) is 17.9. The molecule has 0 aromatic heterocycles. The maximum Gasteiger partial charge on any atom is 0.325 e. The summed E-state index contributed by atoms with van der Waals surface area (Å²) in [5, 5.41) is 6.23. The van der Waals surface area contributed by atoms with Gasteiger partial charge in [0, 0.05) is 13.6 Å². The Morgan fingerprint density at radius 2 is 1.91 bits per heavy atom. The van der Waals surface area contributed by atoms with Gasteiger partial charge in [0.05, 0.1) is 0 Å². The molecular weight excluding hydrogens is 292 g/mol. The molecule has 23 heavy (non-hydrogen) atoms. The third kappa shape index (κ3) is 9.43. The zero-order valence-electron chi connectivity index (χ0n) is 15.4. The number of nitrogens with one attached hydrogen (secondary N) is 2. The molecular formula is C17H34N4O2. The zero-order chi connectivity index (χ0) is 17.3. The van der Waals surface area contributed by atoms with Crippen molar-refractivity contribution < 1.29 is 9.53 Å². The zero-order valence-corrected chi connectivity index (χ0v) is 15.4. The molecule has 1 aliphatic heterocycles. The monoisotopic (exact) mass is 326 g/mol. The number of piperidine rings is 1. The van der Waals surface area contributed by atoms with Crippen molar-refractivity contribution in [2.24, 2.45) is 10.9 Å². The van der Waals surface area contributed by atoms with Crippen molar-refractivity contribution in [3.63, 3.8) is 0 Å². The molecule has 2 N–H and O–H groups in total. The minimum atomic E-state index is -0.457. The number of esters is 1. The van der Waals surface area contributed by atoms with Gasteiger partial charge in [0.1, 0.15) is 12.1 Å². The molecule has 0 aromatic rings. The van der Waals surface area contributed by atoms with Crippen molar-refractivity contribution in [2.45, 2.75) is 52.6 Å². The number of carbonyl (C=O) groups excluding carboxylic acids is 1. The summed E-state index contributed by atoms with van der Waals surface area (Å²) in [4.78, 5) is 18.3. The second kappa shape index (κ2) is 9.75. The van der Waals surface area contributed by atoms with Gasteiger partial charge in [-0.1, -0.05) is 6.92 Å². The molecule has 0 radical (unpaired) electrons. The molecule has 6 heteroatoms. The summed E-state index contributed by atoms with van der Waals surface area (Å²) in [7, 11) is 1.70. The van der Waals surface area contributed by atoms with Crippen LogP contribution in [0.15, 0.2) is 4.99 Å². The molecule has 0 aliphatic carbocycles. The third-order valence-electron chi connectivity index (χ3n) is 3.86. The maximum absolute atomic E-state index is 11.7. The van der Waals surface area contributed by atoms with Crippen LogP contribution in [0.1, 0.15) is 47.0 Å². The van der Waals surface area contributed by atoms with Crippen molar-refractivity contribution in [2.75, 3.05) is 39.8 Å². The van der Waals surface area contributed by atoms with Gasteiger partial charge in [-0.15, -0.1) is 0 Å². The minimum absolute atomic E-state index is 0.126. The van der Waals surface area contributed by atoms with Crippen molar-refractivity contribution in [3.8, 4) is 0 Å². The number of likely N-dealkylation sites (tertiary alicyclic amines) is 1. The Bertz CT molecular complexity index is 383. The molecule has 1 saturated heterocycles. The van der Waals surface area contributed by atoms with Crippen molar-refractivity contribution in [1.29, 1.82) is 0 Å². The quantitative estimate of drug-likeness (QED) is 0.336. The lowest BCUT2D eigenvalue weighted by molar-refractivity contribution is -0.153. The van der Waals surface area contributed by atoms with Crippen LogP contribution in [0.5, 0.6) is 0 Å². The van der Waals surface area contributed by atoms with Crippen LogP contribution in [0.4, 0.5) is 0 Å². The van der Waals surface area contributed by atoms with Gasteiger partial charge in [0.2, 0.25) is 0 Å². The summed E-state index contributed by atoms with van der Waals surface area (Å²) in [5.74, 6) is 1.24. The highest BCUT2D eigenvalue weighted by molar-refractivity contribution is 5.84. The van der Waals surface area contributed by atoms with E-state index in [9.17, 15) is 4.79 Å². The fourth-order valence-corrected chi connectivity index (χ4v) is 2.55. The first-order chi connectivity index (χ1) is 10.8. The van der Waals surface area contributed by atoms with Crippen molar-refractivity contribution in [1.82, 2.24) is 15.5 Å². The topological polar surface area (TPSA) is 66.0 Å². The first-order valence-corrected chi connectivity index (χ1v) is 8.69. The van der Waals surface area contributed by atoms with Gasteiger partial charge in [-0.05, 0) is 65.6 Å². The second-order valence-electron chi connectivity index (χ2n) is 7.32. The van der Waals surface area contributed by atoms with Gasteiger partial charge in [-0.2, -0.15) is 0 Å². The summed E-state index contributed by atoms with van der Waals surface area (Å²) >= 11 is 0. The largest absolute Gasteiger partial charge is 0.459 e. The van der Waals surface area contributed by atoms with Gasteiger partial charge < -0.3 is 20.3 Å². The Morgan fingerprint density at radius 1 is 1.26 bits per heavy atom. The smallest absolute Gasteiger partial charge is 0.325 e. The summed E-state index contributed by atoms with van der Waals surface area (Å²) < 4.78 is 5.26. The molecule has 1 heterocycles. The number of hydrogen-bond acceptors (Lipinski definition) is 4. The van der Waals surface area contributed by atoms with E-state index in [1.807, 2.05) is 20.8 Å². The lowest BCUT2D eigenvalue weighted by Gasteiger charge is -2.30. The van der Waals surface area contributed by atoms with Crippen molar-refractivity contribution in [3.05, 3.63) is 0 Å². The molecule has 1 aliphatic rings. The predicted molar refractivity (Wildman–Crippen MR) is 94.7 cm³/mol. The SMILES string of the molecule is CN=C(NCCCN1CCC(C)CC1)NCC(=O)OC(C)(C)C. The molecule has 0 aromatic carbocycles. The van der Waals surface area contributed by atoms with Crippen LogP contribution in [-0.2, 0) is 9.53 Å². The maximum atomic E-state index is 11.7. The lowest BCUT2D eigenvalue weighted by atomic mass is 9.99. The summed E-state index contributed by atoms with van der Waals surface area (Å²) in [5.41, 5.74) is -0.457. The molecule has 0 bridgehead atoms. The summed E-state index contributed by atoms with van der Waals surface area (Å²) in [6.07, 6.45) is 3.70. The predicted octanol–water partition coefficient (Wildman–Crippen LogP) is 1.62. The van der Waals surface area contributed by atoms with E-state index in [0.717, 1.165) is 25.4 Å². The van der Waals surface area contributed by atoms with Crippen LogP contribution < -0.4 is 10.6 Å². The summed E-state index contributed by atoms with van der Waals surface area (Å²) in [6.45, 7) is 12.4. The van der Waals surface area contributed by atoms with Crippen LogP contribution >= 0.6 is 0 Å². The first kappa shape index (κ1) is 19.7. The van der Waals surface area contributed by atoms with Gasteiger partial charge in [-0.3, -0.25) is 9.79 Å². The fourth-order valence-electron chi connectivity index (χ4n) is 2.55. The van der Waals surface area contributed by atoms with E-state index < -0.39 is 5.60 Å². The molecule has 0 atom stereocenters. The molecule has 0 saturated carbocycles. The van der Waals surface area contributed by atoms with E-state index >= 15 is 0 Å². The molecule has 134 valence electrons. The van der Waals surface area contributed by atoms with Crippen LogP contribution in [-0.4, -0.2) is 62.2 Å². The van der Waals surface area contributed by atoms with E-state index in [1.54, 1.807) is 7.05 Å². The van der Waals surface area contributed by atoms with E-state index in [4.69, 9.17) is 4.74 Å². The number of guanidine groups is 1. The molecule has 0 spiro atoms. The summed E-state index contributed by atoms with van der Waals surface area (Å²) in [6, 6.07) is 0. The Balaban J connectivity index is 2.13. The highest BCUT2D eigenvalue weighted by Crippen LogP contribution is 2.15. The first-order valence-electron chi connectivity index (χ1n) is 8.69. The molecule has 1 rings (SSSR count). The van der Waals surface area contributed by atoms with Crippen LogP contribution in [0.25, 0.3) is 0 Å². The number of carbonyl (C=O) groups is 1. The van der Waals surface area contributed by atoms with Crippen molar-refractivity contribution >= 4 is 11.9 Å². The van der Waals surface area contributed by atoms with E-state index in [0.29, 0.717) is 5.96 Å². The van der Waals surface area contributed by atoms with Crippen LogP contribution in [0.3, 0.4) is 0 Å². The van der Waals surface area contributed by atoms with Gasteiger partial charge >= 0.3 is 5.97 Å². The molecule has 0 unspecified atom stereocenters. The number of nitrogens with zero attached hydrogens (tertiary/aromatic N) is 2. The molecule has 6 nitrogen and oxygen atoms in total. The average Bonchev–Trinajstić information content (AvgIpc) is 2.46. The Labute approximate surface area is 141 Å². The number of ether oxygens (including phenoxy) is 1. The second-order valence-corrected chi connectivity index (χ2v) is 7.32. The van der Waals surface area contributed by atoms with Crippen LogP contribution in [0.2, 0.25) is 0 Å². The Morgan fingerprint density at radius 3 is 2.48 bits per heavy atom. The minimum Gasteiger partial charge on any atom is -0.459 e. The Hall–Kier alpha value is -1.30. The van der Waals surface area contributed by atoms with Gasteiger partial charge in [0.15, 0.2) is 5.96 Å². The molecule has 0 amide bonds. The Kier molecular flexibility index (Phi) is 8.37. The number of aliphatic imine (C=N–C) groups is 1. The van der Waals surface area contributed by atoms with E-state index in [-0.39, 0.29) is 12.5 Å². The van der Waals surface area contributed by atoms with E-state index in [2.05, 4.69) is 27.4 Å². The fraction of sp³-hybridized carbons (Fsp3) is 0.882. The number of hydrogen-bond donors (Lipinski definition) is 2. The average molecular weight is 326 g/mol. The van der Waals surface area contributed by atoms with Gasteiger partial charge in [-0.25, -0.2) is 0 Å². The standard InChI is InChI=1S/C17H34N4O2/c1-14-7-11-21(12-8-14)10-6-9-19-16(18-5)20-13-15(22)23-17(2,3)4/h14H,6-13H2,1-5H3,(H2,18,19,20). The highest BCUT2D eigenvalue weighted by Gasteiger charge is 2.16. The third-order valence-corrected chi connectivity index (χ3v) is 3.86. The van der Waals surface area contributed by atoms with E-state index in [1.165, 1.54) is 25.9 Å². The highest BCUT2D eigenvalue weighted by atomic mass is 16.6.